The first-order chi connectivity index (χ1) is 9.04. The van der Waals surface area contributed by atoms with Gasteiger partial charge in [0.2, 0.25) is 0 Å². The van der Waals surface area contributed by atoms with E-state index in [0.717, 1.165) is 6.07 Å². The third kappa shape index (κ3) is 3.53. The van der Waals surface area contributed by atoms with Gasteiger partial charge in [0.1, 0.15) is 17.5 Å². The van der Waals surface area contributed by atoms with Crippen molar-refractivity contribution >= 4 is 11.8 Å². The standard InChI is InChI=1S/C14H17FO4/c1-4-10(14(17)19-5-2)13(16)11-7-6-9(18-3)8-12(11)15/h6-8,10H,4-5H2,1-3H3. The lowest BCUT2D eigenvalue weighted by molar-refractivity contribution is -0.146. The first kappa shape index (κ1) is 15.1. The smallest absolute Gasteiger partial charge is 0.316 e. The lowest BCUT2D eigenvalue weighted by Crippen LogP contribution is -2.26. The molecule has 1 unspecified atom stereocenters. The maximum absolute atomic E-state index is 13.8. The molecule has 0 radical (unpaired) electrons. The van der Waals surface area contributed by atoms with Crippen LogP contribution < -0.4 is 4.74 Å². The molecule has 4 nitrogen and oxygen atoms in total. The fourth-order valence-electron chi connectivity index (χ4n) is 1.71. The van der Waals surface area contributed by atoms with Crippen LogP contribution in [0.15, 0.2) is 18.2 Å². The summed E-state index contributed by atoms with van der Waals surface area (Å²) in [5.74, 6) is -2.54. The van der Waals surface area contributed by atoms with Gasteiger partial charge in [0.05, 0.1) is 19.3 Å². The molecule has 0 bridgehead atoms. The van der Waals surface area contributed by atoms with Crippen molar-refractivity contribution in [3.8, 4) is 5.75 Å². The number of esters is 1. The van der Waals surface area contributed by atoms with Gasteiger partial charge < -0.3 is 9.47 Å². The largest absolute Gasteiger partial charge is 0.497 e. The normalized spacial score (nSPS) is 11.8. The van der Waals surface area contributed by atoms with Crippen LogP contribution in [0.4, 0.5) is 4.39 Å². The van der Waals surface area contributed by atoms with Crippen LogP contribution in [0, 0.1) is 11.7 Å². The number of carbonyl (C=O) groups is 2. The SMILES string of the molecule is CCOC(=O)C(CC)C(=O)c1ccc(OC)cc1F. The number of methoxy groups -OCH3 is 1. The maximum atomic E-state index is 13.8. The van der Waals surface area contributed by atoms with Gasteiger partial charge in [0.15, 0.2) is 5.78 Å². The molecule has 0 aromatic heterocycles. The molecule has 5 heteroatoms. The van der Waals surface area contributed by atoms with E-state index in [4.69, 9.17) is 9.47 Å². The number of ketones is 1. The quantitative estimate of drug-likeness (QED) is 0.452. The van der Waals surface area contributed by atoms with Crippen molar-refractivity contribution in [3.63, 3.8) is 0 Å². The molecule has 1 aromatic carbocycles. The summed E-state index contributed by atoms with van der Waals surface area (Å²) in [6.07, 6.45) is 0.267. The third-order valence-electron chi connectivity index (χ3n) is 2.74. The fraction of sp³-hybridized carbons (Fsp3) is 0.429. The Morgan fingerprint density at radius 2 is 2.00 bits per heavy atom. The van der Waals surface area contributed by atoms with Gasteiger partial charge in [-0.05, 0) is 25.5 Å². The van der Waals surface area contributed by atoms with Crippen molar-refractivity contribution in [1.82, 2.24) is 0 Å². The van der Waals surface area contributed by atoms with Crippen LogP contribution in [0.2, 0.25) is 0 Å². The number of carbonyl (C=O) groups excluding carboxylic acids is 2. The average molecular weight is 268 g/mol. The molecule has 104 valence electrons. The zero-order valence-corrected chi connectivity index (χ0v) is 11.2. The molecule has 0 amide bonds. The minimum Gasteiger partial charge on any atom is -0.497 e. The maximum Gasteiger partial charge on any atom is 0.316 e. The number of benzene rings is 1. The van der Waals surface area contributed by atoms with Crippen LogP contribution >= 0.6 is 0 Å². The number of halogens is 1. The lowest BCUT2D eigenvalue weighted by atomic mass is 9.95. The third-order valence-corrected chi connectivity index (χ3v) is 2.74. The minimum absolute atomic E-state index is 0.124. The molecular formula is C14H17FO4. The Bertz CT molecular complexity index is 471. The summed E-state index contributed by atoms with van der Waals surface area (Å²) in [5.41, 5.74) is -0.124. The predicted octanol–water partition coefficient (Wildman–Crippen LogP) is 2.61. The monoisotopic (exact) mass is 268 g/mol. The zero-order chi connectivity index (χ0) is 14.4. The second-order valence-corrected chi connectivity index (χ2v) is 3.92. The molecule has 1 rings (SSSR count). The van der Waals surface area contributed by atoms with Gasteiger partial charge in [-0.1, -0.05) is 6.92 Å². The molecule has 0 heterocycles. The molecule has 0 saturated carbocycles. The zero-order valence-electron chi connectivity index (χ0n) is 11.2. The highest BCUT2D eigenvalue weighted by molar-refractivity contribution is 6.08. The van der Waals surface area contributed by atoms with Crippen molar-refractivity contribution < 1.29 is 23.5 Å². The molecule has 0 spiro atoms. The van der Waals surface area contributed by atoms with Crippen LogP contribution in [0.25, 0.3) is 0 Å². The summed E-state index contributed by atoms with van der Waals surface area (Å²) >= 11 is 0. The fourth-order valence-corrected chi connectivity index (χ4v) is 1.71. The molecule has 0 aliphatic carbocycles. The van der Waals surface area contributed by atoms with E-state index >= 15 is 0 Å². The number of Topliss-reactive ketones (excluding diaryl/α,β-unsaturated/α-hetero) is 1. The Hall–Kier alpha value is -1.91. The number of hydrogen-bond acceptors (Lipinski definition) is 4. The van der Waals surface area contributed by atoms with Crippen molar-refractivity contribution in [2.75, 3.05) is 13.7 Å². The van der Waals surface area contributed by atoms with E-state index in [2.05, 4.69) is 0 Å². The van der Waals surface area contributed by atoms with Crippen LogP contribution in [-0.4, -0.2) is 25.5 Å². The van der Waals surface area contributed by atoms with Gasteiger partial charge in [-0.25, -0.2) is 4.39 Å². The summed E-state index contributed by atoms with van der Waals surface area (Å²) in [4.78, 5) is 23.8. The summed E-state index contributed by atoms with van der Waals surface area (Å²) < 4.78 is 23.5. The van der Waals surface area contributed by atoms with Crippen LogP contribution in [0.1, 0.15) is 30.6 Å². The van der Waals surface area contributed by atoms with E-state index in [0.29, 0.717) is 5.75 Å². The Labute approximate surface area is 111 Å². The Kier molecular flexibility index (Phi) is 5.48. The van der Waals surface area contributed by atoms with Gasteiger partial charge in [-0.2, -0.15) is 0 Å². The van der Waals surface area contributed by atoms with E-state index in [1.807, 2.05) is 0 Å². The topological polar surface area (TPSA) is 52.6 Å². The highest BCUT2D eigenvalue weighted by Gasteiger charge is 2.29. The summed E-state index contributed by atoms with van der Waals surface area (Å²) in [5, 5.41) is 0. The van der Waals surface area contributed by atoms with Crippen molar-refractivity contribution in [1.29, 1.82) is 0 Å². The minimum atomic E-state index is -0.970. The molecule has 0 saturated heterocycles. The van der Waals surface area contributed by atoms with Gasteiger partial charge in [0, 0.05) is 6.07 Å². The predicted molar refractivity (Wildman–Crippen MR) is 67.7 cm³/mol. The first-order valence-corrected chi connectivity index (χ1v) is 6.09. The van der Waals surface area contributed by atoms with Crippen molar-refractivity contribution in [2.24, 2.45) is 5.92 Å². The van der Waals surface area contributed by atoms with E-state index in [9.17, 15) is 14.0 Å². The van der Waals surface area contributed by atoms with E-state index in [-0.39, 0.29) is 18.6 Å². The Balaban J connectivity index is 3.00. The van der Waals surface area contributed by atoms with Crippen molar-refractivity contribution in [3.05, 3.63) is 29.6 Å². The second kappa shape index (κ2) is 6.87. The van der Waals surface area contributed by atoms with Gasteiger partial charge in [-0.15, -0.1) is 0 Å². The molecule has 0 fully saturated rings. The van der Waals surface area contributed by atoms with Gasteiger partial charge in [0.25, 0.3) is 0 Å². The van der Waals surface area contributed by atoms with Crippen LogP contribution in [-0.2, 0) is 9.53 Å². The molecule has 0 aliphatic heterocycles. The van der Waals surface area contributed by atoms with Gasteiger partial charge >= 0.3 is 5.97 Å². The molecule has 1 aromatic rings. The molecule has 0 aliphatic rings. The Morgan fingerprint density at radius 1 is 1.32 bits per heavy atom. The summed E-state index contributed by atoms with van der Waals surface area (Å²) in [7, 11) is 1.41. The average Bonchev–Trinajstić information content (AvgIpc) is 2.39. The van der Waals surface area contributed by atoms with E-state index in [1.165, 1.54) is 19.2 Å². The number of ether oxygens (including phenoxy) is 2. The second-order valence-electron chi connectivity index (χ2n) is 3.92. The molecule has 19 heavy (non-hydrogen) atoms. The molecule has 1 atom stereocenters. The lowest BCUT2D eigenvalue weighted by Gasteiger charge is -2.13. The summed E-state index contributed by atoms with van der Waals surface area (Å²) in [6.45, 7) is 3.53. The van der Waals surface area contributed by atoms with Crippen LogP contribution in [0.5, 0.6) is 5.75 Å². The first-order valence-electron chi connectivity index (χ1n) is 6.09. The Morgan fingerprint density at radius 3 is 2.47 bits per heavy atom. The highest BCUT2D eigenvalue weighted by atomic mass is 19.1. The van der Waals surface area contributed by atoms with Crippen LogP contribution in [0.3, 0.4) is 0 Å². The van der Waals surface area contributed by atoms with E-state index in [1.54, 1.807) is 13.8 Å². The highest BCUT2D eigenvalue weighted by Crippen LogP contribution is 2.21. The van der Waals surface area contributed by atoms with Crippen molar-refractivity contribution in [2.45, 2.75) is 20.3 Å². The molecule has 0 N–H and O–H groups in total. The summed E-state index contributed by atoms with van der Waals surface area (Å²) in [6, 6.07) is 3.91. The van der Waals surface area contributed by atoms with Gasteiger partial charge in [-0.3, -0.25) is 9.59 Å². The van der Waals surface area contributed by atoms with E-state index < -0.39 is 23.5 Å². The number of hydrogen-bond donors (Lipinski definition) is 0. The molecular weight excluding hydrogens is 251 g/mol. The number of rotatable bonds is 6.